The predicted molar refractivity (Wildman–Crippen MR) is 172 cm³/mol. The van der Waals surface area contributed by atoms with E-state index in [0.29, 0.717) is 24.0 Å². The van der Waals surface area contributed by atoms with E-state index in [1.54, 1.807) is 0 Å². The summed E-state index contributed by atoms with van der Waals surface area (Å²) in [6, 6.07) is 3.34. The van der Waals surface area contributed by atoms with Crippen molar-refractivity contribution in [1.82, 2.24) is 16.0 Å². The van der Waals surface area contributed by atoms with Gasteiger partial charge < -0.3 is 24.2 Å². The number of rotatable bonds is 17. The third-order valence-electron chi connectivity index (χ3n) is 5.40. The lowest BCUT2D eigenvalue weighted by Gasteiger charge is -2.38. The first kappa shape index (κ1) is 36.3. The minimum absolute atomic E-state index is 0.362. The molecule has 0 rings (SSSR count). The molecule has 0 aromatic carbocycles. The second-order valence-electron chi connectivity index (χ2n) is 13.4. The van der Waals surface area contributed by atoms with Crippen LogP contribution in [0.5, 0.6) is 0 Å². The van der Waals surface area contributed by atoms with Crippen molar-refractivity contribution in [1.29, 1.82) is 0 Å². The van der Waals surface area contributed by atoms with E-state index in [4.69, 9.17) is 18.2 Å². The Labute approximate surface area is 234 Å². The van der Waals surface area contributed by atoms with Crippen LogP contribution in [0.1, 0.15) is 74.7 Å². The van der Waals surface area contributed by atoms with Crippen LogP contribution in [-0.4, -0.2) is 68.2 Å². The van der Waals surface area contributed by atoms with Gasteiger partial charge in [0.1, 0.15) is 0 Å². The van der Waals surface area contributed by atoms with Gasteiger partial charge in [-0.15, -0.1) is 0 Å². The second-order valence-corrected chi connectivity index (χ2v) is 25.9. The Morgan fingerprint density at radius 2 is 1.03 bits per heavy atom. The van der Waals surface area contributed by atoms with Crippen LogP contribution in [0.3, 0.4) is 0 Å². The van der Waals surface area contributed by atoms with Gasteiger partial charge in [-0.25, -0.2) is 0 Å². The maximum absolute atomic E-state index is 6.81. The molecule has 0 saturated heterocycles. The molecule has 0 radical (unpaired) electrons. The molecule has 0 aliphatic rings. The minimum Gasteiger partial charge on any atom is -0.437 e. The molecule has 0 fully saturated rings. The molecule has 0 atom stereocenters. The van der Waals surface area contributed by atoms with E-state index in [0.717, 1.165) is 56.2 Å². The highest BCUT2D eigenvalue weighted by Gasteiger charge is 2.39. The van der Waals surface area contributed by atoms with Crippen LogP contribution in [0.15, 0.2) is 9.98 Å². The summed E-state index contributed by atoms with van der Waals surface area (Å²) in [5.41, 5.74) is 0. The van der Waals surface area contributed by atoms with E-state index in [-0.39, 0.29) is 0 Å². The molecule has 0 aliphatic heterocycles. The first-order valence-electron chi connectivity index (χ1n) is 14.6. The normalized spacial score (nSPS) is 13.6. The Morgan fingerprint density at radius 3 is 1.41 bits per heavy atom. The van der Waals surface area contributed by atoms with Gasteiger partial charge in [0.2, 0.25) is 0 Å². The van der Waals surface area contributed by atoms with E-state index >= 15 is 0 Å². The average molecular weight is 574 g/mol. The fourth-order valence-electron chi connectivity index (χ4n) is 4.44. The number of nitrogens with one attached hydrogen (secondary N) is 3. The van der Waals surface area contributed by atoms with Crippen LogP contribution in [0.4, 0.5) is 0 Å². The minimum atomic E-state index is -2.21. The molecule has 0 bridgehead atoms. The zero-order chi connectivity index (χ0) is 28.9. The summed E-state index contributed by atoms with van der Waals surface area (Å²) >= 11 is 0. The number of hydrogen-bond acceptors (Lipinski definition) is 4. The first-order chi connectivity index (χ1) is 16.8. The lowest BCUT2D eigenvalue weighted by Crippen LogP contribution is -2.52. The lowest BCUT2D eigenvalue weighted by molar-refractivity contribution is 0.387. The Balaban J connectivity index is 4.79. The van der Waals surface area contributed by atoms with E-state index in [1.165, 1.54) is 0 Å². The molecule has 10 heteroatoms. The zero-order valence-corrected chi connectivity index (χ0v) is 30.0. The van der Waals surface area contributed by atoms with Crippen molar-refractivity contribution in [2.45, 2.75) is 144 Å². The van der Waals surface area contributed by atoms with Crippen LogP contribution >= 0.6 is 0 Å². The quantitative estimate of drug-likeness (QED) is 0.0780. The molecule has 0 amide bonds. The molecular formula is C27H63N5O2Si3. The van der Waals surface area contributed by atoms with Crippen molar-refractivity contribution in [3.63, 3.8) is 0 Å². The highest BCUT2D eigenvalue weighted by atomic mass is 28.5. The topological polar surface area (TPSA) is 79.3 Å². The van der Waals surface area contributed by atoms with Gasteiger partial charge in [-0.1, -0.05) is 13.8 Å². The fraction of sp³-hybridized carbons (Fsp3) is 0.926. The van der Waals surface area contributed by atoms with Crippen LogP contribution in [-0.2, 0) is 8.23 Å². The maximum atomic E-state index is 6.81. The lowest BCUT2D eigenvalue weighted by atomic mass is 10.1. The molecule has 220 valence electrons. The van der Waals surface area contributed by atoms with Crippen molar-refractivity contribution < 1.29 is 8.23 Å². The van der Waals surface area contributed by atoms with Crippen molar-refractivity contribution in [2.75, 3.05) is 13.1 Å². The van der Waals surface area contributed by atoms with Crippen molar-refractivity contribution in [2.24, 2.45) is 15.9 Å². The summed E-state index contributed by atoms with van der Waals surface area (Å²) in [6.45, 7) is 32.9. The molecule has 0 aromatic heterocycles. The summed E-state index contributed by atoms with van der Waals surface area (Å²) in [7, 11) is -5.88. The smallest absolute Gasteiger partial charge is 0.311 e. The number of hydrogen-bond donors (Lipinski definition) is 3. The summed E-state index contributed by atoms with van der Waals surface area (Å²) < 4.78 is 13.6. The largest absolute Gasteiger partial charge is 0.437 e. The molecule has 0 heterocycles. The van der Waals surface area contributed by atoms with Crippen LogP contribution in [0.2, 0.25) is 51.4 Å². The molecule has 0 spiro atoms. The fourth-order valence-corrected chi connectivity index (χ4v) is 18.5. The van der Waals surface area contributed by atoms with Gasteiger partial charge in [0, 0.05) is 37.6 Å². The highest BCUT2D eigenvalue weighted by molar-refractivity contribution is 6.87. The third kappa shape index (κ3) is 20.9. The Hall–Kier alpha value is -0.689. The van der Waals surface area contributed by atoms with E-state index in [2.05, 4.69) is 111 Å². The standard InChI is InChI=1S/C27H63N5O2Si3/c1-22(2)21-26(30-23(3)4)28-17-15-19-35(9,10)33-37(13,14)34-36(11,12)20-16-18-29-27(31-24(5)6)32-25(7)8/h22-25H,15-21H2,1-14H3,(H,28,30)(H2,29,31,32). The SMILES string of the molecule is CC(C)C/C(=N\CCC[Si](C)(C)O[Si](C)(C)O[Si](C)(C)CCCN=C(NC(C)C)NC(C)C)NC(C)C. The molecule has 0 saturated carbocycles. The highest BCUT2D eigenvalue weighted by Crippen LogP contribution is 2.26. The molecule has 0 aliphatic carbocycles. The molecule has 37 heavy (non-hydrogen) atoms. The number of nitrogens with zero attached hydrogens (tertiary/aromatic N) is 2. The van der Waals surface area contributed by atoms with Gasteiger partial charge in [-0.05, 0) is 112 Å². The monoisotopic (exact) mass is 573 g/mol. The molecule has 0 unspecified atom stereocenters. The molecule has 7 nitrogen and oxygen atoms in total. The van der Waals surface area contributed by atoms with Gasteiger partial charge in [-0.3, -0.25) is 9.98 Å². The van der Waals surface area contributed by atoms with Crippen molar-refractivity contribution in [3.8, 4) is 0 Å². The average Bonchev–Trinajstić information content (AvgIpc) is 2.64. The Morgan fingerprint density at radius 1 is 0.622 bits per heavy atom. The summed E-state index contributed by atoms with van der Waals surface area (Å²) in [6.07, 6.45) is 3.12. The third-order valence-corrected chi connectivity index (χ3v) is 16.9. The van der Waals surface area contributed by atoms with Crippen LogP contribution in [0, 0.1) is 5.92 Å². The molecule has 3 N–H and O–H groups in total. The Bertz CT molecular complexity index is 614. The molecular weight excluding hydrogens is 511 g/mol. The van der Waals surface area contributed by atoms with Gasteiger partial charge in [0.15, 0.2) is 22.6 Å². The molecule has 0 aromatic rings. The van der Waals surface area contributed by atoms with E-state index < -0.39 is 25.2 Å². The number of guanidine groups is 1. The predicted octanol–water partition coefficient (Wildman–Crippen LogP) is 6.71. The van der Waals surface area contributed by atoms with Gasteiger partial charge >= 0.3 is 8.56 Å². The number of aliphatic imine (C=N–C) groups is 2. The van der Waals surface area contributed by atoms with Gasteiger partial charge in [-0.2, -0.15) is 0 Å². The van der Waals surface area contributed by atoms with Crippen LogP contribution < -0.4 is 16.0 Å². The van der Waals surface area contributed by atoms with Gasteiger partial charge in [0.05, 0.1) is 5.84 Å². The maximum Gasteiger partial charge on any atom is 0.311 e. The zero-order valence-electron chi connectivity index (χ0n) is 27.0. The second kappa shape index (κ2) is 17.1. The summed E-state index contributed by atoms with van der Waals surface area (Å²) in [4.78, 5) is 9.67. The summed E-state index contributed by atoms with van der Waals surface area (Å²) in [5, 5.41) is 10.4. The number of amidine groups is 1. The van der Waals surface area contributed by atoms with Crippen LogP contribution in [0.25, 0.3) is 0 Å². The summed E-state index contributed by atoms with van der Waals surface area (Å²) in [5.74, 6) is 2.65. The van der Waals surface area contributed by atoms with Crippen molar-refractivity contribution >= 4 is 37.0 Å². The van der Waals surface area contributed by atoms with Gasteiger partial charge in [0.25, 0.3) is 0 Å². The van der Waals surface area contributed by atoms with E-state index in [1.807, 2.05) is 0 Å². The Kier molecular flexibility index (Phi) is 16.8. The first-order valence-corrected chi connectivity index (χ1v) is 23.6. The van der Waals surface area contributed by atoms with E-state index in [9.17, 15) is 0 Å². The van der Waals surface area contributed by atoms with Crippen molar-refractivity contribution in [3.05, 3.63) is 0 Å².